The number of hydroxylamine groups is 2. The normalized spacial score (nSPS) is 14.6. The molecule has 0 bridgehead atoms. The summed E-state index contributed by atoms with van der Waals surface area (Å²) >= 11 is -1.70. The van der Waals surface area contributed by atoms with Gasteiger partial charge in [0.25, 0.3) is 0 Å². The van der Waals surface area contributed by atoms with Gasteiger partial charge in [-0.3, -0.25) is 0 Å². The number of amides is 2. The van der Waals surface area contributed by atoms with Crippen molar-refractivity contribution in [1.29, 1.82) is 0 Å². The van der Waals surface area contributed by atoms with E-state index in [1.807, 2.05) is 0 Å². The van der Waals surface area contributed by atoms with Gasteiger partial charge in [0, 0.05) is 0 Å². The molecule has 1 aromatic rings. The Kier molecular flexibility index (Phi) is 4.29. The molecule has 0 aliphatic carbocycles. The Morgan fingerprint density at radius 1 is 1.39 bits per heavy atom. The first kappa shape index (κ1) is 13.4. The Morgan fingerprint density at radius 2 is 2.06 bits per heavy atom. The van der Waals surface area contributed by atoms with E-state index in [4.69, 9.17) is 13.1 Å². The fraction of sp³-hybridized carbons (Fsp3) is 0.200. The van der Waals surface area contributed by atoms with Crippen molar-refractivity contribution in [3.8, 4) is 0 Å². The summed E-state index contributed by atoms with van der Waals surface area (Å²) in [5.41, 5.74) is 0.244. The molecule has 2 heterocycles. The summed E-state index contributed by atoms with van der Waals surface area (Å²) in [4.78, 5) is 43.1. The van der Waals surface area contributed by atoms with Gasteiger partial charge in [-0.1, -0.05) is 0 Å². The number of aromatic nitrogens is 1. The van der Waals surface area contributed by atoms with Crippen LogP contribution in [0.3, 0.4) is 0 Å². The Morgan fingerprint density at radius 3 is 2.67 bits per heavy atom. The Hall–Kier alpha value is -1.01. The van der Waals surface area contributed by atoms with E-state index in [9.17, 15) is 14.4 Å². The number of rotatable bonds is 3. The zero-order valence-corrected chi connectivity index (χ0v) is 15.5. The molecule has 6 nitrogen and oxygen atoms in total. The SMILES string of the molecule is O=C(ON1C(=O)CCC1=O)c1ccn[c]([Hg][Cl])c1. The van der Waals surface area contributed by atoms with Crippen LogP contribution < -0.4 is 3.20 Å². The number of hydrogen-bond acceptors (Lipinski definition) is 5. The zero-order valence-electron chi connectivity index (χ0n) is 9.26. The quantitative estimate of drug-likeness (QED) is 0.480. The maximum atomic E-state index is 11.7. The number of imide groups is 1. The van der Waals surface area contributed by atoms with Crippen LogP contribution in [0.15, 0.2) is 18.3 Å². The van der Waals surface area contributed by atoms with E-state index in [-0.39, 0.29) is 18.4 Å². The molecule has 0 spiro atoms. The van der Waals surface area contributed by atoms with Gasteiger partial charge in [0.15, 0.2) is 0 Å². The summed E-state index contributed by atoms with van der Waals surface area (Å²) in [5.74, 6) is -1.75. The van der Waals surface area contributed by atoms with Crippen molar-refractivity contribution >= 4 is 29.2 Å². The fourth-order valence-electron chi connectivity index (χ4n) is 1.47. The predicted octanol–water partition coefficient (Wildman–Crippen LogP) is 0.164. The summed E-state index contributed by atoms with van der Waals surface area (Å²) < 4.78 is 0.727. The standard InChI is InChI=1S/C10H7N2O4.ClH.Hg/c13-8-1-2-9(14)12(8)16-10(15)7-3-5-11-6-4-7;;/h3-5H,1-2H2;1H;/q;;+1/p-1. The molecule has 1 saturated heterocycles. The van der Waals surface area contributed by atoms with E-state index in [0.29, 0.717) is 5.06 Å². The molecule has 0 saturated carbocycles. The number of pyridine rings is 1. The minimum absolute atomic E-state index is 0.0758. The monoisotopic (exact) mass is 456 g/mol. The minimum atomic E-state index is -1.70. The second-order valence-corrected chi connectivity index (χ2v) is 9.83. The van der Waals surface area contributed by atoms with Crippen molar-refractivity contribution in [3.63, 3.8) is 0 Å². The molecule has 0 N–H and O–H groups in total. The van der Waals surface area contributed by atoms with E-state index in [1.54, 1.807) is 6.07 Å². The van der Waals surface area contributed by atoms with E-state index in [1.165, 1.54) is 12.3 Å². The van der Waals surface area contributed by atoms with E-state index in [0.717, 1.165) is 3.20 Å². The van der Waals surface area contributed by atoms with E-state index in [2.05, 4.69) is 4.98 Å². The molecular weight excluding hydrogens is 448 g/mol. The number of nitrogens with zero attached hydrogens (tertiary/aromatic N) is 2. The van der Waals surface area contributed by atoms with Gasteiger partial charge in [-0.15, -0.1) is 0 Å². The van der Waals surface area contributed by atoms with Crippen LogP contribution in [0.25, 0.3) is 0 Å². The van der Waals surface area contributed by atoms with Crippen molar-refractivity contribution in [2.75, 3.05) is 0 Å². The molecule has 1 aromatic heterocycles. The van der Waals surface area contributed by atoms with Crippen molar-refractivity contribution in [1.82, 2.24) is 10.0 Å². The summed E-state index contributed by atoms with van der Waals surface area (Å²) in [7, 11) is 5.81. The van der Waals surface area contributed by atoms with Crippen molar-refractivity contribution in [2.45, 2.75) is 12.8 Å². The zero-order chi connectivity index (χ0) is 13.1. The topological polar surface area (TPSA) is 76.6 Å². The molecule has 0 atom stereocenters. The molecule has 0 unspecified atom stereocenters. The second kappa shape index (κ2) is 5.75. The molecule has 1 fully saturated rings. The molecule has 18 heavy (non-hydrogen) atoms. The predicted molar refractivity (Wildman–Crippen MR) is 56.2 cm³/mol. The molecule has 1 aliphatic rings. The molecule has 2 rings (SSSR count). The molecule has 2 amide bonds. The van der Waals surface area contributed by atoms with Gasteiger partial charge < -0.3 is 0 Å². The van der Waals surface area contributed by atoms with Gasteiger partial charge in [-0.2, -0.15) is 0 Å². The van der Waals surface area contributed by atoms with Crippen LogP contribution in [-0.4, -0.2) is 27.8 Å². The van der Waals surface area contributed by atoms with Gasteiger partial charge in [0.1, 0.15) is 0 Å². The number of hydrogen-bond donors (Lipinski definition) is 0. The van der Waals surface area contributed by atoms with Gasteiger partial charge in [-0.05, 0) is 0 Å². The number of carbonyl (C=O) groups excluding carboxylic acids is 3. The summed E-state index contributed by atoms with van der Waals surface area (Å²) in [6, 6.07) is 3.00. The van der Waals surface area contributed by atoms with Gasteiger partial charge >= 0.3 is 119 Å². The summed E-state index contributed by atoms with van der Waals surface area (Å²) in [6.07, 6.45) is 1.61. The van der Waals surface area contributed by atoms with Crippen molar-refractivity contribution in [2.24, 2.45) is 0 Å². The summed E-state index contributed by atoms with van der Waals surface area (Å²) in [5, 5.41) is 0.521. The Bertz CT molecular complexity index is 506. The second-order valence-electron chi connectivity index (χ2n) is 3.63. The number of halogens is 1. The van der Waals surface area contributed by atoms with Crippen LogP contribution in [0.1, 0.15) is 23.2 Å². The number of carbonyl (C=O) groups is 3. The van der Waals surface area contributed by atoms with Crippen LogP contribution in [0.5, 0.6) is 0 Å². The van der Waals surface area contributed by atoms with Crippen molar-refractivity contribution < 1.29 is 42.6 Å². The first-order valence-corrected chi connectivity index (χ1v) is 14.7. The molecule has 0 aromatic carbocycles. The molecule has 90 valence electrons. The molecule has 0 radical (unpaired) electrons. The first-order valence-electron chi connectivity index (χ1n) is 5.21. The van der Waals surface area contributed by atoms with E-state index >= 15 is 0 Å². The van der Waals surface area contributed by atoms with Crippen LogP contribution in [-0.2, 0) is 37.8 Å². The third-order valence-corrected chi connectivity index (χ3v) is 7.34. The third-order valence-electron chi connectivity index (χ3n) is 2.37. The van der Waals surface area contributed by atoms with Crippen LogP contribution in [0.4, 0.5) is 0 Å². The Labute approximate surface area is 118 Å². The molecular formula is C10H7ClHgN2O4. The summed E-state index contributed by atoms with van der Waals surface area (Å²) in [6.45, 7) is 0. The average Bonchev–Trinajstić information content (AvgIpc) is 2.70. The van der Waals surface area contributed by atoms with Crippen LogP contribution in [0, 0.1) is 0 Å². The van der Waals surface area contributed by atoms with Gasteiger partial charge in [0.05, 0.1) is 0 Å². The van der Waals surface area contributed by atoms with E-state index < -0.39 is 41.1 Å². The average molecular weight is 455 g/mol. The first-order chi connectivity index (χ1) is 8.61. The van der Waals surface area contributed by atoms with Gasteiger partial charge in [0.2, 0.25) is 0 Å². The molecule has 1 aliphatic heterocycles. The maximum absolute atomic E-state index is 11.7. The molecule has 8 heteroatoms. The third kappa shape index (κ3) is 2.86. The Balaban J connectivity index is 2.12. The fourth-order valence-corrected chi connectivity index (χ4v) is 4.59. The van der Waals surface area contributed by atoms with Crippen LogP contribution >= 0.6 is 8.25 Å². The van der Waals surface area contributed by atoms with Gasteiger partial charge in [-0.25, -0.2) is 0 Å². The van der Waals surface area contributed by atoms with Crippen molar-refractivity contribution in [3.05, 3.63) is 23.9 Å². The van der Waals surface area contributed by atoms with Crippen LogP contribution in [0.2, 0.25) is 0 Å².